The minimum atomic E-state index is -0.872. The molecule has 0 aromatic carbocycles. The molecule has 0 bridgehead atoms. The van der Waals surface area contributed by atoms with Gasteiger partial charge in [0.05, 0.1) is 12.0 Å². The summed E-state index contributed by atoms with van der Waals surface area (Å²) in [5, 5.41) is 18.7. The van der Waals surface area contributed by atoms with E-state index in [0.717, 1.165) is 13.1 Å². The zero-order valence-corrected chi connectivity index (χ0v) is 13.6. The number of nitrogens with zero attached hydrogens (tertiary/aromatic N) is 2. The van der Waals surface area contributed by atoms with Crippen LogP contribution in [0.5, 0.6) is 0 Å². The highest BCUT2D eigenvalue weighted by Gasteiger charge is 2.30. The van der Waals surface area contributed by atoms with Gasteiger partial charge in [0.1, 0.15) is 0 Å². The van der Waals surface area contributed by atoms with Crippen molar-refractivity contribution in [3.63, 3.8) is 0 Å². The lowest BCUT2D eigenvalue weighted by atomic mass is 9.85. The third-order valence-electron chi connectivity index (χ3n) is 3.60. The molecule has 1 rings (SSSR count). The zero-order chi connectivity index (χ0) is 16.3. The maximum Gasteiger partial charge on any atom is 0.303 e. The normalized spacial score (nSPS) is 17.9. The predicted octanol–water partition coefficient (Wildman–Crippen LogP) is 0.793. The van der Waals surface area contributed by atoms with Crippen LogP contribution < -0.4 is 0 Å². The molecular weight excluding hydrogens is 272 g/mol. The van der Waals surface area contributed by atoms with E-state index in [2.05, 4.69) is 4.90 Å². The van der Waals surface area contributed by atoms with Gasteiger partial charge in [-0.25, -0.2) is 0 Å². The lowest BCUT2D eigenvalue weighted by Gasteiger charge is -2.38. The standard InChI is InChI=1S/C15H28N2O4/c1-14(2,10-13(19)20)9-12(18)17-7-5-16(6-8-17)11-15(3,4)21/h21H,5-11H2,1-4H3,(H,19,20). The summed E-state index contributed by atoms with van der Waals surface area (Å²) in [6, 6.07) is 0. The van der Waals surface area contributed by atoms with Crippen LogP contribution >= 0.6 is 0 Å². The second-order valence-electron chi connectivity index (χ2n) is 7.38. The van der Waals surface area contributed by atoms with Gasteiger partial charge in [-0.2, -0.15) is 0 Å². The van der Waals surface area contributed by atoms with E-state index in [4.69, 9.17) is 5.11 Å². The first-order valence-electron chi connectivity index (χ1n) is 7.43. The minimum Gasteiger partial charge on any atom is -0.481 e. The molecule has 0 atom stereocenters. The third-order valence-corrected chi connectivity index (χ3v) is 3.60. The number of carboxylic acids is 1. The van der Waals surface area contributed by atoms with E-state index in [1.54, 1.807) is 18.7 Å². The predicted molar refractivity (Wildman–Crippen MR) is 80.0 cm³/mol. The van der Waals surface area contributed by atoms with Crippen molar-refractivity contribution >= 4 is 11.9 Å². The molecule has 21 heavy (non-hydrogen) atoms. The number of amides is 1. The summed E-state index contributed by atoms with van der Waals surface area (Å²) < 4.78 is 0. The lowest BCUT2D eigenvalue weighted by Crippen LogP contribution is -2.52. The first-order valence-corrected chi connectivity index (χ1v) is 7.43. The number of aliphatic hydroxyl groups is 1. The molecule has 1 heterocycles. The number of carbonyl (C=O) groups is 2. The van der Waals surface area contributed by atoms with Gasteiger partial charge < -0.3 is 15.1 Å². The van der Waals surface area contributed by atoms with Crippen LogP contribution in [0.4, 0.5) is 0 Å². The van der Waals surface area contributed by atoms with Gasteiger partial charge in [-0.1, -0.05) is 13.8 Å². The maximum absolute atomic E-state index is 12.3. The van der Waals surface area contributed by atoms with E-state index >= 15 is 0 Å². The number of carboxylic acid groups (broad SMARTS) is 1. The molecule has 0 radical (unpaired) electrons. The monoisotopic (exact) mass is 300 g/mol. The summed E-state index contributed by atoms with van der Waals surface area (Å²) in [6.07, 6.45) is 0.252. The summed E-state index contributed by atoms with van der Waals surface area (Å²) in [6.45, 7) is 10.5. The van der Waals surface area contributed by atoms with Gasteiger partial charge in [0.2, 0.25) is 5.91 Å². The molecule has 2 N–H and O–H groups in total. The highest BCUT2D eigenvalue weighted by atomic mass is 16.4. The quantitative estimate of drug-likeness (QED) is 0.758. The summed E-state index contributed by atoms with van der Waals surface area (Å²) in [5.74, 6) is -0.855. The molecule has 0 spiro atoms. The molecule has 0 aromatic rings. The Balaban J connectivity index is 2.43. The van der Waals surface area contributed by atoms with Crippen LogP contribution in [0.15, 0.2) is 0 Å². The molecule has 1 saturated heterocycles. The van der Waals surface area contributed by atoms with Gasteiger partial charge in [0, 0.05) is 39.1 Å². The smallest absolute Gasteiger partial charge is 0.303 e. The van der Waals surface area contributed by atoms with Crippen molar-refractivity contribution in [2.24, 2.45) is 5.41 Å². The second-order valence-corrected chi connectivity index (χ2v) is 7.38. The number of piperazine rings is 1. The highest BCUT2D eigenvalue weighted by Crippen LogP contribution is 2.26. The fourth-order valence-electron chi connectivity index (χ4n) is 2.70. The van der Waals surface area contributed by atoms with Crippen molar-refractivity contribution in [3.05, 3.63) is 0 Å². The number of β-amino-alcohol motifs (C(OH)–C–C–N with tert-alkyl or cyclic N) is 1. The number of hydrogen-bond acceptors (Lipinski definition) is 4. The fourth-order valence-corrected chi connectivity index (χ4v) is 2.70. The van der Waals surface area contributed by atoms with Crippen LogP contribution in [0, 0.1) is 5.41 Å². The fraction of sp³-hybridized carbons (Fsp3) is 0.867. The van der Waals surface area contributed by atoms with Gasteiger partial charge in [0.25, 0.3) is 0 Å². The molecule has 6 nitrogen and oxygen atoms in total. The first-order chi connectivity index (χ1) is 9.48. The Morgan fingerprint density at radius 2 is 1.52 bits per heavy atom. The SMILES string of the molecule is CC(C)(O)CN1CCN(C(=O)CC(C)(C)CC(=O)O)CC1. The largest absolute Gasteiger partial charge is 0.481 e. The molecule has 1 fully saturated rings. The van der Waals surface area contributed by atoms with Crippen molar-refractivity contribution < 1.29 is 19.8 Å². The molecule has 6 heteroatoms. The molecule has 0 aliphatic carbocycles. The Bertz CT molecular complexity index is 380. The first kappa shape index (κ1) is 17.9. The topological polar surface area (TPSA) is 81.1 Å². The van der Waals surface area contributed by atoms with Crippen LogP contribution in [0.25, 0.3) is 0 Å². The maximum atomic E-state index is 12.3. The molecule has 122 valence electrons. The van der Waals surface area contributed by atoms with E-state index < -0.39 is 17.0 Å². The summed E-state index contributed by atoms with van der Waals surface area (Å²) in [4.78, 5) is 27.0. The minimum absolute atomic E-state index is 0.00257. The van der Waals surface area contributed by atoms with Gasteiger partial charge in [-0.05, 0) is 19.3 Å². The highest BCUT2D eigenvalue weighted by molar-refractivity contribution is 5.78. The van der Waals surface area contributed by atoms with E-state index in [9.17, 15) is 14.7 Å². The Morgan fingerprint density at radius 3 is 1.95 bits per heavy atom. The van der Waals surface area contributed by atoms with Crippen molar-refractivity contribution in [1.82, 2.24) is 9.80 Å². The van der Waals surface area contributed by atoms with Crippen molar-refractivity contribution in [1.29, 1.82) is 0 Å². The molecule has 0 aromatic heterocycles. The van der Waals surface area contributed by atoms with E-state index in [-0.39, 0.29) is 18.7 Å². The lowest BCUT2D eigenvalue weighted by molar-refractivity contribution is -0.141. The third kappa shape index (κ3) is 6.91. The van der Waals surface area contributed by atoms with E-state index in [1.807, 2.05) is 13.8 Å². The van der Waals surface area contributed by atoms with E-state index in [1.165, 1.54) is 0 Å². The van der Waals surface area contributed by atoms with Crippen LogP contribution in [0.1, 0.15) is 40.5 Å². The number of aliphatic carboxylic acids is 1. The van der Waals surface area contributed by atoms with Crippen LogP contribution in [-0.4, -0.2) is 70.2 Å². The second kappa shape index (κ2) is 6.75. The van der Waals surface area contributed by atoms with Crippen LogP contribution in [0.3, 0.4) is 0 Å². The number of rotatable bonds is 6. The van der Waals surface area contributed by atoms with Gasteiger partial charge >= 0.3 is 5.97 Å². The summed E-state index contributed by atoms with van der Waals surface area (Å²) in [5.41, 5.74) is -1.25. The van der Waals surface area contributed by atoms with Crippen molar-refractivity contribution in [2.45, 2.75) is 46.1 Å². The summed E-state index contributed by atoms with van der Waals surface area (Å²) >= 11 is 0. The molecule has 0 saturated carbocycles. The Labute approximate surface area is 126 Å². The van der Waals surface area contributed by atoms with Crippen molar-refractivity contribution in [3.8, 4) is 0 Å². The summed E-state index contributed by atoms with van der Waals surface area (Å²) in [7, 11) is 0. The zero-order valence-electron chi connectivity index (χ0n) is 13.6. The van der Waals surface area contributed by atoms with Gasteiger partial charge in [-0.15, -0.1) is 0 Å². The average molecular weight is 300 g/mol. The molecule has 1 amide bonds. The van der Waals surface area contributed by atoms with Gasteiger partial charge in [0.15, 0.2) is 0 Å². The van der Waals surface area contributed by atoms with E-state index in [0.29, 0.717) is 19.6 Å². The number of hydrogen-bond donors (Lipinski definition) is 2. The Morgan fingerprint density at radius 1 is 1.00 bits per heavy atom. The number of carbonyl (C=O) groups excluding carboxylic acids is 1. The van der Waals surface area contributed by atoms with Crippen molar-refractivity contribution in [2.75, 3.05) is 32.7 Å². The molecule has 1 aliphatic heterocycles. The van der Waals surface area contributed by atoms with Gasteiger partial charge in [-0.3, -0.25) is 14.5 Å². The van der Waals surface area contributed by atoms with Crippen LogP contribution in [0.2, 0.25) is 0 Å². The Kier molecular flexibility index (Phi) is 5.75. The average Bonchev–Trinajstić information content (AvgIpc) is 2.24. The molecule has 1 aliphatic rings. The molecular formula is C15H28N2O4. The Hall–Kier alpha value is -1.14. The van der Waals surface area contributed by atoms with Crippen LogP contribution in [-0.2, 0) is 9.59 Å². The molecule has 0 unspecified atom stereocenters.